The number of hydrogen-bond acceptors (Lipinski definition) is 6. The Kier molecular flexibility index (Phi) is 6.18. The van der Waals surface area contributed by atoms with Crippen molar-refractivity contribution in [1.82, 2.24) is 5.32 Å². The van der Waals surface area contributed by atoms with Gasteiger partial charge in [0.2, 0.25) is 0 Å². The largest absolute Gasteiger partial charge is 0.535 e. The van der Waals surface area contributed by atoms with Gasteiger partial charge in [-0.15, -0.1) is 0 Å². The lowest BCUT2D eigenvalue weighted by molar-refractivity contribution is -0.120. The molecule has 8 heteroatoms. The van der Waals surface area contributed by atoms with Gasteiger partial charge in [-0.05, 0) is 62.5 Å². The lowest BCUT2D eigenvalue weighted by Gasteiger charge is -2.31. The van der Waals surface area contributed by atoms with Gasteiger partial charge in [0.1, 0.15) is 11.5 Å². The highest BCUT2D eigenvalue weighted by molar-refractivity contribution is 6.47. The molecule has 2 fully saturated rings. The molecule has 162 valence electrons. The summed E-state index contributed by atoms with van der Waals surface area (Å²) in [5, 5.41) is 23.2. The zero-order valence-electron chi connectivity index (χ0n) is 17.3. The Morgan fingerprint density at radius 2 is 1.93 bits per heavy atom. The molecule has 4 rings (SSSR count). The Hall–Kier alpha value is -1.90. The van der Waals surface area contributed by atoms with Gasteiger partial charge in [0.05, 0.1) is 5.56 Å². The van der Waals surface area contributed by atoms with Gasteiger partial charge in [-0.25, -0.2) is 4.79 Å². The number of hydrogen-bond donors (Lipinski definition) is 4. The number of Topliss-reactive ketones (excluding diaryl/α,β-unsaturated/α-hetero) is 1. The molecule has 30 heavy (non-hydrogen) atoms. The van der Waals surface area contributed by atoms with E-state index in [0.29, 0.717) is 24.8 Å². The number of rotatable bonds is 8. The Labute approximate surface area is 177 Å². The zero-order valence-corrected chi connectivity index (χ0v) is 17.3. The molecular weight excluding hydrogens is 383 g/mol. The molecule has 0 bridgehead atoms. The molecule has 1 aromatic carbocycles. The number of nitrogens with one attached hydrogen (secondary N) is 1. The van der Waals surface area contributed by atoms with E-state index in [1.165, 1.54) is 6.07 Å². The number of carboxylic acids is 1. The number of ketones is 1. The van der Waals surface area contributed by atoms with Crippen LogP contribution in [-0.2, 0) is 11.2 Å². The monoisotopic (exact) mass is 414 g/mol. The number of aromatic carboxylic acids is 1. The quantitative estimate of drug-likeness (QED) is 0.481. The average molecular weight is 414 g/mol. The summed E-state index contributed by atoms with van der Waals surface area (Å²) in [5.74, 6) is -0.659. The highest BCUT2D eigenvalue weighted by Crippen LogP contribution is 2.37. The Morgan fingerprint density at radius 1 is 1.20 bits per heavy atom. The van der Waals surface area contributed by atoms with E-state index < -0.39 is 13.1 Å². The molecule has 0 saturated heterocycles. The van der Waals surface area contributed by atoms with Crippen LogP contribution < -0.4 is 15.7 Å². The van der Waals surface area contributed by atoms with Crippen molar-refractivity contribution in [3.8, 4) is 5.75 Å². The van der Waals surface area contributed by atoms with Crippen LogP contribution in [0.25, 0.3) is 0 Å². The van der Waals surface area contributed by atoms with Crippen molar-refractivity contribution in [3.63, 3.8) is 0 Å². The second kappa shape index (κ2) is 8.69. The summed E-state index contributed by atoms with van der Waals surface area (Å²) in [4.78, 5) is 24.0. The van der Waals surface area contributed by atoms with E-state index in [-0.39, 0.29) is 34.9 Å². The third-order valence-corrected chi connectivity index (χ3v) is 6.94. The van der Waals surface area contributed by atoms with Crippen LogP contribution in [0.15, 0.2) is 18.2 Å². The van der Waals surface area contributed by atoms with Gasteiger partial charge in [-0.2, -0.15) is 0 Å². The topological polar surface area (TPSA) is 122 Å². The zero-order chi connectivity index (χ0) is 21.3. The highest BCUT2D eigenvalue weighted by Gasteiger charge is 2.39. The van der Waals surface area contributed by atoms with Crippen molar-refractivity contribution >= 4 is 18.9 Å². The minimum absolute atomic E-state index is 0.0273. The SMILES string of the molecule is NC1(CNC2CCC(CC(=O)C[C@H]3Cc4cccc(C(=O)O)c4OB3O)CC2)CC1. The molecular formula is C22H31BN2O5. The summed E-state index contributed by atoms with van der Waals surface area (Å²) < 4.78 is 5.51. The third kappa shape index (κ3) is 5.05. The van der Waals surface area contributed by atoms with E-state index in [0.717, 1.165) is 50.6 Å². The number of benzene rings is 1. The maximum absolute atomic E-state index is 12.7. The highest BCUT2D eigenvalue weighted by atomic mass is 16.5. The van der Waals surface area contributed by atoms with Crippen LogP contribution in [0.1, 0.15) is 67.3 Å². The van der Waals surface area contributed by atoms with Gasteiger partial charge in [-0.1, -0.05) is 12.1 Å². The van der Waals surface area contributed by atoms with Crippen molar-refractivity contribution in [3.05, 3.63) is 29.3 Å². The molecule has 0 radical (unpaired) electrons. The minimum Gasteiger partial charge on any atom is -0.535 e. The van der Waals surface area contributed by atoms with Crippen LogP contribution in [0, 0.1) is 5.92 Å². The smallest absolute Gasteiger partial charge is 0.526 e. The summed E-state index contributed by atoms with van der Waals surface area (Å²) in [5.41, 5.74) is 6.95. The second-order valence-corrected chi connectivity index (χ2v) is 9.48. The average Bonchev–Trinajstić information content (AvgIpc) is 3.45. The van der Waals surface area contributed by atoms with Crippen LogP contribution in [0.5, 0.6) is 5.75 Å². The molecule has 1 aromatic rings. The Bertz CT molecular complexity index is 805. The van der Waals surface area contributed by atoms with Crippen LogP contribution in [0.4, 0.5) is 0 Å². The van der Waals surface area contributed by atoms with E-state index in [1.54, 1.807) is 12.1 Å². The number of carbonyl (C=O) groups excluding carboxylic acids is 1. The predicted octanol–water partition coefficient (Wildman–Crippen LogP) is 2.16. The fourth-order valence-corrected chi connectivity index (χ4v) is 4.78. The maximum Gasteiger partial charge on any atom is 0.526 e. The first-order valence-electron chi connectivity index (χ1n) is 11.1. The fourth-order valence-electron chi connectivity index (χ4n) is 4.78. The van der Waals surface area contributed by atoms with Crippen LogP contribution in [0.3, 0.4) is 0 Å². The van der Waals surface area contributed by atoms with E-state index in [2.05, 4.69) is 5.32 Å². The first kappa shape index (κ1) is 21.3. The number of nitrogens with two attached hydrogens (primary N) is 1. The van der Waals surface area contributed by atoms with Gasteiger partial charge in [0.25, 0.3) is 0 Å². The molecule has 0 spiro atoms. The molecule has 2 aliphatic carbocycles. The van der Waals surface area contributed by atoms with Crippen molar-refractivity contribution in [2.24, 2.45) is 11.7 Å². The lowest BCUT2D eigenvalue weighted by Crippen LogP contribution is -2.42. The van der Waals surface area contributed by atoms with Crippen molar-refractivity contribution in [2.75, 3.05) is 6.54 Å². The molecule has 3 aliphatic rings. The normalized spacial score (nSPS) is 27.1. The minimum atomic E-state index is -1.16. The Balaban J connectivity index is 1.24. The predicted molar refractivity (Wildman–Crippen MR) is 114 cm³/mol. The maximum atomic E-state index is 12.7. The standard InChI is InChI=1S/C22H31BN2O5/c24-22(8-9-22)13-25-17-6-4-14(5-7-17)10-18(26)12-16-11-15-2-1-3-19(21(27)28)20(15)30-23(16)29/h1-3,14,16-17,25,29H,4-13,24H2,(H,27,28)/t14?,16-,17?/m1/s1. The van der Waals surface area contributed by atoms with Gasteiger partial charge < -0.3 is 25.8 Å². The first-order chi connectivity index (χ1) is 14.3. The van der Waals surface area contributed by atoms with Crippen LogP contribution in [-0.4, -0.2) is 47.1 Å². The van der Waals surface area contributed by atoms with Crippen LogP contribution in [0.2, 0.25) is 5.82 Å². The number of fused-ring (bicyclic) bond motifs is 1. The van der Waals surface area contributed by atoms with E-state index in [1.807, 2.05) is 0 Å². The number of para-hydroxylation sites is 1. The number of carboxylic acid groups (broad SMARTS) is 1. The van der Waals surface area contributed by atoms with Crippen molar-refractivity contribution in [1.29, 1.82) is 0 Å². The van der Waals surface area contributed by atoms with Gasteiger partial charge >= 0.3 is 13.1 Å². The lowest BCUT2D eigenvalue weighted by atomic mass is 9.64. The molecule has 0 amide bonds. The van der Waals surface area contributed by atoms with Crippen molar-refractivity contribution < 1.29 is 24.4 Å². The molecule has 1 heterocycles. The summed E-state index contributed by atoms with van der Waals surface area (Å²) in [6.45, 7) is 0.895. The van der Waals surface area contributed by atoms with Gasteiger partial charge in [0, 0.05) is 36.8 Å². The summed E-state index contributed by atoms with van der Waals surface area (Å²) in [6.07, 6.45) is 7.70. The van der Waals surface area contributed by atoms with E-state index >= 15 is 0 Å². The summed E-state index contributed by atoms with van der Waals surface area (Å²) in [7, 11) is -1.16. The molecule has 0 unspecified atom stereocenters. The second-order valence-electron chi connectivity index (χ2n) is 9.48. The third-order valence-electron chi connectivity index (χ3n) is 6.94. The molecule has 0 aromatic heterocycles. The number of carbonyl (C=O) groups is 2. The summed E-state index contributed by atoms with van der Waals surface area (Å²) >= 11 is 0. The van der Waals surface area contributed by atoms with E-state index in [4.69, 9.17) is 10.4 Å². The fraction of sp³-hybridized carbons (Fsp3) is 0.636. The molecule has 7 nitrogen and oxygen atoms in total. The molecule has 2 saturated carbocycles. The van der Waals surface area contributed by atoms with Gasteiger partial charge in [0.15, 0.2) is 0 Å². The van der Waals surface area contributed by atoms with Crippen molar-refractivity contribution in [2.45, 2.75) is 75.2 Å². The summed E-state index contributed by atoms with van der Waals surface area (Å²) in [6, 6.07) is 5.44. The first-order valence-corrected chi connectivity index (χ1v) is 11.1. The molecule has 5 N–H and O–H groups in total. The molecule has 1 atom stereocenters. The Morgan fingerprint density at radius 3 is 2.60 bits per heavy atom. The molecule has 1 aliphatic heterocycles. The van der Waals surface area contributed by atoms with Gasteiger partial charge in [-0.3, -0.25) is 4.79 Å². The van der Waals surface area contributed by atoms with E-state index in [9.17, 15) is 19.7 Å². The van der Waals surface area contributed by atoms with Crippen LogP contribution >= 0.6 is 0 Å².